The van der Waals surface area contributed by atoms with Gasteiger partial charge in [-0.1, -0.05) is 13.8 Å². The van der Waals surface area contributed by atoms with Crippen molar-refractivity contribution >= 4 is 20.0 Å². The van der Waals surface area contributed by atoms with Crippen LogP contribution >= 0.6 is 20.0 Å². The van der Waals surface area contributed by atoms with Crippen LogP contribution < -0.4 is 0 Å². The van der Waals surface area contributed by atoms with E-state index in [0.717, 1.165) is 13.1 Å². The number of hydrogen-bond donors (Lipinski definition) is 1. The molecule has 0 aliphatic heterocycles. The van der Waals surface area contributed by atoms with Crippen LogP contribution in [0.5, 0.6) is 0 Å². The van der Waals surface area contributed by atoms with E-state index in [0.29, 0.717) is 12.8 Å². The van der Waals surface area contributed by atoms with Crippen LogP contribution in [-0.4, -0.2) is 42.8 Å². The summed E-state index contributed by atoms with van der Waals surface area (Å²) in [4.78, 5) is 2.16. The fourth-order valence-corrected chi connectivity index (χ4v) is 4.08. The van der Waals surface area contributed by atoms with Crippen molar-refractivity contribution < 1.29 is 9.09 Å². The van der Waals surface area contributed by atoms with Crippen molar-refractivity contribution in [2.24, 2.45) is 0 Å². The maximum Gasteiger partial charge on any atom is 0.202 e. The predicted octanol–water partition coefficient (Wildman–Crippen LogP) is 2.53. The topological polar surface area (TPSA) is 29.5 Å². The number of hydrogen-bond acceptors (Lipinski definition) is 4. The van der Waals surface area contributed by atoms with Crippen LogP contribution in [-0.2, 0) is 9.09 Å². The molecule has 3 nitrogen and oxygen atoms in total. The molecule has 14 heavy (non-hydrogen) atoms. The van der Waals surface area contributed by atoms with Crippen LogP contribution in [0.1, 0.15) is 20.8 Å². The minimum atomic E-state index is -2.45. The zero-order valence-corrected chi connectivity index (χ0v) is 11.4. The van der Waals surface area contributed by atoms with Crippen molar-refractivity contribution in [1.29, 1.82) is 0 Å². The van der Waals surface area contributed by atoms with Gasteiger partial charge in [0.1, 0.15) is 0 Å². The lowest BCUT2D eigenvalue weighted by Crippen LogP contribution is -2.33. The molecule has 5 heteroatoms. The second-order valence-electron chi connectivity index (χ2n) is 3.32. The Hall–Kier alpha value is 0.500. The second kappa shape index (κ2) is 6.89. The van der Waals surface area contributed by atoms with Gasteiger partial charge in [-0.25, -0.2) is 0 Å². The molecule has 0 N–H and O–H groups in total. The van der Waals surface area contributed by atoms with Gasteiger partial charge >= 0.3 is 0 Å². The van der Waals surface area contributed by atoms with E-state index in [9.17, 15) is 4.57 Å². The van der Waals surface area contributed by atoms with Crippen molar-refractivity contribution in [1.82, 2.24) is 4.90 Å². The van der Waals surface area contributed by atoms with E-state index >= 15 is 0 Å². The fourth-order valence-electron chi connectivity index (χ4n) is 1.38. The molecule has 0 aromatic rings. The predicted molar refractivity (Wildman–Crippen MR) is 65.7 cm³/mol. The zero-order chi connectivity index (χ0) is 11.2. The molecular weight excluding hydrogens is 217 g/mol. The zero-order valence-electron chi connectivity index (χ0n) is 9.56. The molecule has 0 aromatic heterocycles. The number of nitrogens with zero attached hydrogens (tertiary/aromatic N) is 1. The van der Waals surface area contributed by atoms with Gasteiger partial charge in [0.2, 0.25) is 7.37 Å². The Labute approximate surface area is 93.1 Å². The maximum absolute atomic E-state index is 11.9. The Morgan fingerprint density at radius 2 is 1.86 bits per heavy atom. The van der Waals surface area contributed by atoms with Gasteiger partial charge < -0.3 is 4.52 Å². The summed E-state index contributed by atoms with van der Waals surface area (Å²) in [5, 5.41) is 0.0346. The van der Waals surface area contributed by atoms with Crippen LogP contribution in [0.4, 0.5) is 0 Å². The van der Waals surface area contributed by atoms with Crippen LogP contribution in [0.25, 0.3) is 0 Å². The maximum atomic E-state index is 11.9. The van der Waals surface area contributed by atoms with E-state index in [1.807, 2.05) is 6.92 Å². The van der Waals surface area contributed by atoms with Gasteiger partial charge in [0.05, 0.1) is 12.0 Å². The third kappa shape index (κ3) is 5.40. The molecule has 0 radical (unpaired) electrons. The largest absolute Gasteiger partial charge is 0.329 e. The summed E-state index contributed by atoms with van der Waals surface area (Å²) >= 11 is 4.45. The van der Waals surface area contributed by atoms with E-state index in [-0.39, 0.29) is 5.37 Å². The molecule has 0 aliphatic rings. The Morgan fingerprint density at radius 3 is 2.21 bits per heavy atom. The van der Waals surface area contributed by atoms with Crippen molar-refractivity contribution in [3.8, 4) is 0 Å². The molecule has 2 atom stereocenters. The molecule has 0 spiro atoms. The highest BCUT2D eigenvalue weighted by molar-refractivity contribution is 7.81. The summed E-state index contributed by atoms with van der Waals surface area (Å²) in [6, 6.07) is 0. The Morgan fingerprint density at radius 1 is 1.36 bits per heavy atom. The van der Waals surface area contributed by atoms with Gasteiger partial charge in [0.15, 0.2) is 0 Å². The lowest BCUT2D eigenvalue weighted by atomic mass is 10.5. The molecule has 0 heterocycles. The normalized spacial score (nSPS) is 18.1. The minimum Gasteiger partial charge on any atom is -0.329 e. The highest BCUT2D eigenvalue weighted by Gasteiger charge is 2.22. The summed E-state index contributed by atoms with van der Waals surface area (Å²) < 4.78 is 17.1. The smallest absolute Gasteiger partial charge is 0.202 e. The van der Waals surface area contributed by atoms with Crippen LogP contribution in [0, 0.1) is 0 Å². The van der Waals surface area contributed by atoms with Crippen molar-refractivity contribution in [3.05, 3.63) is 0 Å². The van der Waals surface area contributed by atoms with Crippen LogP contribution in [0.15, 0.2) is 0 Å². The van der Waals surface area contributed by atoms with Crippen LogP contribution in [0.2, 0.25) is 0 Å². The van der Waals surface area contributed by atoms with Crippen molar-refractivity contribution in [2.75, 3.05) is 32.5 Å². The summed E-state index contributed by atoms with van der Waals surface area (Å²) in [5.41, 5.74) is 0. The molecule has 0 saturated carbocycles. The second-order valence-corrected chi connectivity index (χ2v) is 6.56. The molecule has 0 amide bonds. The summed E-state index contributed by atoms with van der Waals surface area (Å²) in [5.74, 6) is 0. The average molecular weight is 239 g/mol. The Kier molecular flexibility index (Phi) is 7.13. The minimum absolute atomic E-state index is 0.0346. The van der Waals surface area contributed by atoms with E-state index in [4.69, 9.17) is 4.52 Å². The van der Waals surface area contributed by atoms with Crippen molar-refractivity contribution in [3.63, 3.8) is 0 Å². The highest BCUT2D eigenvalue weighted by Crippen LogP contribution is 2.44. The number of thiol groups is 1. The molecule has 0 rings (SSSR count). The average Bonchev–Trinajstić information content (AvgIpc) is 2.04. The third-order valence-corrected chi connectivity index (χ3v) is 4.74. The van der Waals surface area contributed by atoms with E-state index in [2.05, 4.69) is 31.4 Å². The van der Waals surface area contributed by atoms with E-state index < -0.39 is 7.37 Å². The lowest BCUT2D eigenvalue weighted by molar-refractivity contribution is 0.286. The monoisotopic (exact) mass is 239 g/mol. The fraction of sp³-hybridized carbons (Fsp3) is 1.00. The highest BCUT2D eigenvalue weighted by atomic mass is 32.1. The first-order valence-corrected chi connectivity index (χ1v) is 7.87. The first-order chi connectivity index (χ1) is 6.46. The van der Waals surface area contributed by atoms with E-state index in [1.54, 1.807) is 6.66 Å². The third-order valence-electron chi connectivity index (χ3n) is 2.13. The SMILES string of the molecule is CCOP(C)(=O)CC(S)N(CC)CC. The van der Waals surface area contributed by atoms with Gasteiger partial charge in [0.25, 0.3) is 0 Å². The van der Waals surface area contributed by atoms with Gasteiger partial charge in [-0.15, -0.1) is 0 Å². The Bertz CT molecular complexity index is 197. The molecule has 86 valence electrons. The first-order valence-electron chi connectivity index (χ1n) is 5.10. The van der Waals surface area contributed by atoms with Gasteiger partial charge in [-0.2, -0.15) is 12.6 Å². The quantitative estimate of drug-likeness (QED) is 0.420. The van der Waals surface area contributed by atoms with Gasteiger partial charge in [-0.3, -0.25) is 9.46 Å². The van der Waals surface area contributed by atoms with E-state index in [1.165, 1.54) is 0 Å². The standard InChI is InChI=1S/C9H22NO2PS/c1-5-10(6-2)9(14)8-13(4,11)12-7-3/h9,14H,5-8H2,1-4H3. The van der Waals surface area contributed by atoms with Crippen LogP contribution in [0.3, 0.4) is 0 Å². The van der Waals surface area contributed by atoms with Gasteiger partial charge in [0, 0.05) is 12.8 Å². The first kappa shape index (κ1) is 14.5. The molecule has 0 bridgehead atoms. The molecular formula is C9H22NO2PS. The summed E-state index contributed by atoms with van der Waals surface area (Å²) in [7, 11) is -2.45. The van der Waals surface area contributed by atoms with Crippen molar-refractivity contribution in [2.45, 2.75) is 26.1 Å². The van der Waals surface area contributed by atoms with Gasteiger partial charge in [-0.05, 0) is 20.0 Å². The Balaban J connectivity index is 4.15. The molecule has 2 unspecified atom stereocenters. The number of rotatable bonds is 7. The summed E-state index contributed by atoms with van der Waals surface area (Å²) in [6.45, 7) is 10.1. The molecule has 0 fully saturated rings. The molecule has 0 saturated heterocycles. The summed E-state index contributed by atoms with van der Waals surface area (Å²) in [6.07, 6.45) is 0.519. The molecule has 0 aromatic carbocycles. The molecule has 0 aliphatic carbocycles. The lowest BCUT2D eigenvalue weighted by Gasteiger charge is -2.27.